The Balaban J connectivity index is 1.60. The summed E-state index contributed by atoms with van der Waals surface area (Å²) in [6, 6.07) is 7.60. The van der Waals surface area contributed by atoms with Crippen LogP contribution in [0.4, 0.5) is 11.4 Å². The second-order valence-corrected chi connectivity index (χ2v) is 8.79. The average Bonchev–Trinajstić information content (AvgIpc) is 2.86. The molecule has 3 atom stereocenters. The van der Waals surface area contributed by atoms with Crippen molar-refractivity contribution >= 4 is 29.1 Å². The lowest BCUT2D eigenvalue weighted by molar-refractivity contribution is -0.144. The van der Waals surface area contributed by atoms with Gasteiger partial charge in [0.1, 0.15) is 6.54 Å². The van der Waals surface area contributed by atoms with Gasteiger partial charge in [0.25, 0.3) is 0 Å². The maximum absolute atomic E-state index is 12.6. The van der Waals surface area contributed by atoms with Gasteiger partial charge in [0.05, 0.1) is 17.6 Å². The number of benzene rings is 1. The van der Waals surface area contributed by atoms with Crippen LogP contribution in [0.5, 0.6) is 0 Å². The summed E-state index contributed by atoms with van der Waals surface area (Å²) in [6.45, 7) is 11.2. The summed E-state index contributed by atoms with van der Waals surface area (Å²) in [5.74, 6) is -0.892. The molecule has 0 radical (unpaired) electrons. The highest BCUT2D eigenvalue weighted by molar-refractivity contribution is 6.09. The topological polar surface area (TPSA) is 79.0 Å². The monoisotopic (exact) mass is 401 g/mol. The number of likely N-dealkylation sites (tertiary alicyclic amines) is 1. The Hall–Kier alpha value is -2.41. The molecule has 3 rings (SSSR count). The van der Waals surface area contributed by atoms with E-state index in [0.29, 0.717) is 5.69 Å². The smallest absolute Gasteiger partial charge is 0.244 e. The van der Waals surface area contributed by atoms with Crippen LogP contribution in [0, 0.1) is 11.3 Å². The average molecular weight is 402 g/mol. The number of amides is 3. The molecule has 1 aromatic rings. The number of ether oxygens (including phenoxy) is 1. The molecule has 0 aromatic heterocycles. The number of morpholine rings is 1. The van der Waals surface area contributed by atoms with E-state index in [9.17, 15) is 14.4 Å². The summed E-state index contributed by atoms with van der Waals surface area (Å²) >= 11 is 0. The Morgan fingerprint density at radius 3 is 2.28 bits per heavy atom. The normalized spacial score (nSPS) is 27.7. The number of anilines is 2. The van der Waals surface area contributed by atoms with Crippen molar-refractivity contribution in [3.05, 3.63) is 24.3 Å². The zero-order chi connectivity index (χ0) is 21.3. The number of nitrogens with one attached hydrogen (secondary N) is 1. The van der Waals surface area contributed by atoms with Gasteiger partial charge in [-0.2, -0.15) is 0 Å². The molecule has 1 N–H and O–H groups in total. The van der Waals surface area contributed by atoms with Gasteiger partial charge in [-0.25, -0.2) is 0 Å². The molecule has 2 aliphatic rings. The number of nitrogens with zero attached hydrogens (tertiary/aromatic N) is 2. The van der Waals surface area contributed by atoms with Gasteiger partial charge in [-0.1, -0.05) is 13.8 Å². The van der Waals surface area contributed by atoms with E-state index in [1.54, 1.807) is 6.92 Å². The fourth-order valence-corrected chi connectivity index (χ4v) is 4.01. The lowest BCUT2D eigenvalue weighted by Crippen LogP contribution is -2.45. The molecule has 0 saturated carbocycles. The zero-order valence-corrected chi connectivity index (χ0v) is 17.9. The maximum atomic E-state index is 12.6. The van der Waals surface area contributed by atoms with Crippen LogP contribution in [0.3, 0.4) is 0 Å². The van der Waals surface area contributed by atoms with Crippen LogP contribution >= 0.6 is 0 Å². The highest BCUT2D eigenvalue weighted by Gasteiger charge is 2.50. The van der Waals surface area contributed by atoms with Crippen LogP contribution in [-0.4, -0.2) is 54.5 Å². The molecule has 2 aliphatic heterocycles. The minimum Gasteiger partial charge on any atom is -0.372 e. The first-order valence-corrected chi connectivity index (χ1v) is 10.2. The number of rotatable bonds is 5. The van der Waals surface area contributed by atoms with Crippen molar-refractivity contribution in [2.75, 3.05) is 29.9 Å². The van der Waals surface area contributed by atoms with Crippen molar-refractivity contribution in [3.63, 3.8) is 0 Å². The molecule has 3 amide bonds. The minimum atomic E-state index is -0.731. The zero-order valence-electron chi connectivity index (χ0n) is 17.9. The predicted octanol–water partition coefficient (Wildman–Crippen LogP) is 2.66. The Bertz CT molecular complexity index is 782. The van der Waals surface area contributed by atoms with E-state index in [2.05, 4.69) is 24.1 Å². The van der Waals surface area contributed by atoms with E-state index in [0.717, 1.165) is 23.7 Å². The first-order chi connectivity index (χ1) is 13.6. The van der Waals surface area contributed by atoms with Crippen LogP contribution in [0.1, 0.15) is 41.0 Å². The molecule has 0 aliphatic carbocycles. The highest BCUT2D eigenvalue weighted by atomic mass is 16.5. The number of carbonyl (C=O) groups excluding carboxylic acids is 3. The van der Waals surface area contributed by atoms with Crippen molar-refractivity contribution < 1.29 is 19.1 Å². The van der Waals surface area contributed by atoms with Gasteiger partial charge in [-0.15, -0.1) is 0 Å². The number of hydrogen-bond acceptors (Lipinski definition) is 5. The van der Waals surface area contributed by atoms with Crippen LogP contribution in [0.25, 0.3) is 0 Å². The maximum Gasteiger partial charge on any atom is 0.244 e. The lowest BCUT2D eigenvalue weighted by atomic mass is 9.78. The summed E-state index contributed by atoms with van der Waals surface area (Å²) in [5, 5.41) is 2.79. The van der Waals surface area contributed by atoms with Crippen molar-refractivity contribution in [1.82, 2.24) is 4.90 Å². The summed E-state index contributed by atoms with van der Waals surface area (Å²) in [7, 11) is 0. The van der Waals surface area contributed by atoms with Gasteiger partial charge < -0.3 is 15.0 Å². The first kappa shape index (κ1) is 21.3. The van der Waals surface area contributed by atoms with Crippen LogP contribution in [0.2, 0.25) is 0 Å². The quantitative estimate of drug-likeness (QED) is 0.768. The van der Waals surface area contributed by atoms with E-state index in [4.69, 9.17) is 4.74 Å². The minimum absolute atomic E-state index is 0.0326. The SMILES string of the molecule is CC(C)[C@@]1(C)CC(=O)N(CC(=O)Nc2ccc(N3C[C@@H](C)O[C@H](C)C3)cc2)C1=O. The molecule has 0 spiro atoms. The van der Waals surface area contributed by atoms with Crippen LogP contribution in [0.15, 0.2) is 24.3 Å². The number of imide groups is 1. The van der Waals surface area contributed by atoms with Crippen molar-refractivity contribution in [1.29, 1.82) is 0 Å². The molecular weight excluding hydrogens is 370 g/mol. The largest absolute Gasteiger partial charge is 0.372 e. The van der Waals surface area contributed by atoms with E-state index in [-0.39, 0.29) is 48.8 Å². The highest BCUT2D eigenvalue weighted by Crippen LogP contribution is 2.39. The third kappa shape index (κ3) is 4.45. The molecule has 7 nitrogen and oxygen atoms in total. The standard InChI is InChI=1S/C22H31N3O4/c1-14(2)22(5)10-20(27)25(21(22)28)13-19(26)23-17-6-8-18(9-7-17)24-11-15(3)29-16(4)12-24/h6-9,14-16H,10-13H2,1-5H3,(H,23,26)/t15-,16-,22-/m1/s1. The number of hydrogen-bond donors (Lipinski definition) is 1. The summed E-state index contributed by atoms with van der Waals surface area (Å²) in [4.78, 5) is 40.7. The second-order valence-electron chi connectivity index (χ2n) is 8.79. The molecule has 158 valence electrons. The molecule has 0 unspecified atom stereocenters. The molecule has 2 fully saturated rings. The third-order valence-electron chi connectivity index (χ3n) is 6.07. The Morgan fingerprint density at radius 1 is 1.17 bits per heavy atom. The van der Waals surface area contributed by atoms with Gasteiger partial charge in [-0.05, 0) is 51.0 Å². The van der Waals surface area contributed by atoms with Gasteiger partial charge in [-0.3, -0.25) is 19.3 Å². The van der Waals surface area contributed by atoms with Gasteiger partial charge >= 0.3 is 0 Å². The molecule has 7 heteroatoms. The van der Waals surface area contributed by atoms with Gasteiger partial charge in [0.2, 0.25) is 17.7 Å². The van der Waals surface area contributed by atoms with Crippen LogP contribution in [-0.2, 0) is 19.1 Å². The molecule has 29 heavy (non-hydrogen) atoms. The Kier molecular flexibility index (Phi) is 5.98. The Morgan fingerprint density at radius 2 is 1.76 bits per heavy atom. The summed E-state index contributed by atoms with van der Waals surface area (Å²) < 4.78 is 5.77. The van der Waals surface area contributed by atoms with Crippen LogP contribution < -0.4 is 10.2 Å². The fourth-order valence-electron chi connectivity index (χ4n) is 4.01. The van der Waals surface area contributed by atoms with Crippen molar-refractivity contribution in [3.8, 4) is 0 Å². The lowest BCUT2D eigenvalue weighted by Gasteiger charge is -2.36. The molecular formula is C22H31N3O4. The van der Waals surface area contributed by atoms with E-state index in [1.807, 2.05) is 38.1 Å². The van der Waals surface area contributed by atoms with Gasteiger partial charge in [0.15, 0.2) is 0 Å². The van der Waals surface area contributed by atoms with E-state index in [1.165, 1.54) is 0 Å². The molecule has 1 aromatic carbocycles. The van der Waals surface area contributed by atoms with E-state index >= 15 is 0 Å². The molecule has 2 saturated heterocycles. The first-order valence-electron chi connectivity index (χ1n) is 10.2. The molecule has 2 heterocycles. The van der Waals surface area contributed by atoms with Gasteiger partial charge in [0, 0.05) is 30.9 Å². The fraction of sp³-hybridized carbons (Fsp3) is 0.591. The second kappa shape index (κ2) is 8.14. The number of carbonyl (C=O) groups is 3. The summed E-state index contributed by atoms with van der Waals surface area (Å²) in [6.07, 6.45) is 0.498. The van der Waals surface area contributed by atoms with Crippen molar-refractivity contribution in [2.24, 2.45) is 11.3 Å². The summed E-state index contributed by atoms with van der Waals surface area (Å²) in [5.41, 5.74) is 0.979. The predicted molar refractivity (Wildman–Crippen MR) is 112 cm³/mol. The molecule has 0 bridgehead atoms. The Labute approximate surface area is 172 Å². The third-order valence-corrected chi connectivity index (χ3v) is 6.07. The van der Waals surface area contributed by atoms with E-state index < -0.39 is 5.41 Å². The van der Waals surface area contributed by atoms with Crippen molar-refractivity contribution in [2.45, 2.75) is 53.2 Å².